The highest BCUT2D eigenvalue weighted by molar-refractivity contribution is 5.94. The van der Waals surface area contributed by atoms with Gasteiger partial charge >= 0.3 is 5.97 Å². The molecule has 0 bridgehead atoms. The zero-order valence-corrected chi connectivity index (χ0v) is 14.6. The first-order valence-electron chi connectivity index (χ1n) is 7.59. The summed E-state index contributed by atoms with van der Waals surface area (Å²) in [4.78, 5) is 23.6. The Hall–Kier alpha value is -3.02. The average Bonchev–Trinajstić information content (AvgIpc) is 2.61. The molecule has 6 heteroatoms. The second-order valence-corrected chi connectivity index (χ2v) is 5.26. The van der Waals surface area contributed by atoms with Crippen LogP contribution >= 0.6 is 0 Å². The minimum Gasteiger partial charge on any atom is -0.493 e. The van der Waals surface area contributed by atoms with E-state index in [2.05, 4.69) is 0 Å². The SMILES string of the molecule is COc1ccc(CC(=O)Oc2ccc(C(C)=O)cc2OC)cc1OC. The molecule has 0 saturated heterocycles. The summed E-state index contributed by atoms with van der Waals surface area (Å²) in [5.41, 5.74) is 1.21. The first-order valence-corrected chi connectivity index (χ1v) is 7.59. The predicted molar refractivity (Wildman–Crippen MR) is 91.9 cm³/mol. The van der Waals surface area contributed by atoms with E-state index in [-0.39, 0.29) is 18.0 Å². The Morgan fingerprint density at radius 2 is 1.40 bits per heavy atom. The van der Waals surface area contributed by atoms with Crippen LogP contribution in [0.5, 0.6) is 23.0 Å². The topological polar surface area (TPSA) is 71.1 Å². The van der Waals surface area contributed by atoms with Crippen LogP contribution in [0.2, 0.25) is 0 Å². The smallest absolute Gasteiger partial charge is 0.315 e. The third-order valence-corrected chi connectivity index (χ3v) is 3.59. The van der Waals surface area contributed by atoms with E-state index >= 15 is 0 Å². The molecule has 0 amide bonds. The average molecular weight is 344 g/mol. The van der Waals surface area contributed by atoms with Crippen molar-refractivity contribution in [1.82, 2.24) is 0 Å². The standard InChI is InChI=1S/C19H20O6/c1-12(20)14-6-8-16(18(11-14)24-4)25-19(21)10-13-5-7-15(22-2)17(9-13)23-3/h5-9,11H,10H2,1-4H3. The van der Waals surface area contributed by atoms with Gasteiger partial charge in [0.25, 0.3) is 0 Å². The van der Waals surface area contributed by atoms with Gasteiger partial charge in [-0.25, -0.2) is 0 Å². The Labute approximate surface area is 146 Å². The number of ether oxygens (including phenoxy) is 4. The minimum atomic E-state index is -0.457. The van der Waals surface area contributed by atoms with Gasteiger partial charge < -0.3 is 18.9 Å². The summed E-state index contributed by atoms with van der Waals surface area (Å²) in [5, 5.41) is 0. The number of methoxy groups -OCH3 is 3. The number of carbonyl (C=O) groups is 2. The summed E-state index contributed by atoms with van der Waals surface area (Å²) in [6.45, 7) is 1.46. The van der Waals surface area contributed by atoms with Crippen molar-refractivity contribution in [2.75, 3.05) is 21.3 Å². The Bertz CT molecular complexity index is 781. The van der Waals surface area contributed by atoms with Crippen molar-refractivity contribution in [3.8, 4) is 23.0 Å². The molecular weight excluding hydrogens is 324 g/mol. The second kappa shape index (κ2) is 8.19. The molecule has 2 aromatic carbocycles. The number of carbonyl (C=O) groups excluding carboxylic acids is 2. The second-order valence-electron chi connectivity index (χ2n) is 5.26. The monoisotopic (exact) mass is 344 g/mol. The van der Waals surface area contributed by atoms with E-state index in [4.69, 9.17) is 18.9 Å². The number of benzene rings is 2. The number of hydrogen-bond donors (Lipinski definition) is 0. The fourth-order valence-electron chi connectivity index (χ4n) is 2.29. The molecule has 2 aromatic rings. The number of esters is 1. The molecule has 2 rings (SSSR count). The highest BCUT2D eigenvalue weighted by Gasteiger charge is 2.14. The van der Waals surface area contributed by atoms with E-state index in [9.17, 15) is 9.59 Å². The maximum Gasteiger partial charge on any atom is 0.315 e. The van der Waals surface area contributed by atoms with Gasteiger partial charge in [-0.3, -0.25) is 9.59 Å². The molecule has 0 aliphatic rings. The largest absolute Gasteiger partial charge is 0.493 e. The molecule has 0 fully saturated rings. The van der Waals surface area contributed by atoms with Gasteiger partial charge in [0, 0.05) is 5.56 Å². The Kier molecular flexibility index (Phi) is 6.00. The molecule has 0 heterocycles. The zero-order chi connectivity index (χ0) is 18.4. The normalized spacial score (nSPS) is 10.1. The van der Waals surface area contributed by atoms with Crippen LogP contribution in [-0.4, -0.2) is 33.1 Å². The van der Waals surface area contributed by atoms with E-state index in [1.165, 1.54) is 21.1 Å². The van der Waals surface area contributed by atoms with Crippen molar-refractivity contribution in [3.63, 3.8) is 0 Å². The van der Waals surface area contributed by atoms with E-state index in [0.717, 1.165) is 5.56 Å². The van der Waals surface area contributed by atoms with Crippen LogP contribution in [0.1, 0.15) is 22.8 Å². The first kappa shape index (κ1) is 18.3. The van der Waals surface area contributed by atoms with Crippen molar-refractivity contribution in [1.29, 1.82) is 0 Å². The molecule has 0 spiro atoms. The number of hydrogen-bond acceptors (Lipinski definition) is 6. The predicted octanol–water partition coefficient (Wildman–Crippen LogP) is 3.06. The number of rotatable bonds is 7. The number of Topliss-reactive ketones (excluding diaryl/α,β-unsaturated/α-hetero) is 1. The molecule has 0 radical (unpaired) electrons. The van der Waals surface area contributed by atoms with Crippen molar-refractivity contribution >= 4 is 11.8 Å². The summed E-state index contributed by atoms with van der Waals surface area (Å²) >= 11 is 0. The summed E-state index contributed by atoms with van der Waals surface area (Å²) < 4.78 is 20.9. The first-order chi connectivity index (χ1) is 12.0. The summed E-state index contributed by atoms with van der Waals surface area (Å²) in [6, 6.07) is 9.88. The van der Waals surface area contributed by atoms with Gasteiger partial charge in [-0.1, -0.05) is 6.07 Å². The van der Waals surface area contributed by atoms with E-state index in [1.807, 2.05) is 0 Å². The molecule has 6 nitrogen and oxygen atoms in total. The summed E-state index contributed by atoms with van der Waals surface area (Å²) in [7, 11) is 4.52. The van der Waals surface area contributed by atoms with Gasteiger partial charge in [-0.05, 0) is 42.8 Å². The van der Waals surface area contributed by atoms with Crippen LogP contribution in [0.4, 0.5) is 0 Å². The molecule has 0 unspecified atom stereocenters. The van der Waals surface area contributed by atoms with E-state index < -0.39 is 5.97 Å². The minimum absolute atomic E-state index is 0.0535. The molecule has 0 aromatic heterocycles. The van der Waals surface area contributed by atoms with Gasteiger partial charge in [-0.2, -0.15) is 0 Å². The Morgan fingerprint density at radius 1 is 0.800 bits per heavy atom. The van der Waals surface area contributed by atoms with Crippen molar-refractivity contribution in [3.05, 3.63) is 47.5 Å². The lowest BCUT2D eigenvalue weighted by Crippen LogP contribution is -2.12. The number of ketones is 1. The quantitative estimate of drug-likeness (QED) is 0.437. The van der Waals surface area contributed by atoms with E-state index in [0.29, 0.717) is 22.8 Å². The Morgan fingerprint density at radius 3 is 2.00 bits per heavy atom. The van der Waals surface area contributed by atoms with Crippen LogP contribution in [0.3, 0.4) is 0 Å². The Balaban J connectivity index is 2.14. The van der Waals surface area contributed by atoms with Crippen molar-refractivity contribution < 1.29 is 28.5 Å². The van der Waals surface area contributed by atoms with E-state index in [1.54, 1.807) is 43.5 Å². The third kappa shape index (κ3) is 4.50. The van der Waals surface area contributed by atoms with Gasteiger partial charge in [0.1, 0.15) is 0 Å². The maximum atomic E-state index is 12.2. The van der Waals surface area contributed by atoms with Crippen LogP contribution in [-0.2, 0) is 11.2 Å². The van der Waals surface area contributed by atoms with Crippen LogP contribution < -0.4 is 18.9 Å². The van der Waals surface area contributed by atoms with Crippen LogP contribution in [0, 0.1) is 0 Å². The lowest BCUT2D eigenvalue weighted by atomic mass is 10.1. The van der Waals surface area contributed by atoms with Crippen molar-refractivity contribution in [2.24, 2.45) is 0 Å². The van der Waals surface area contributed by atoms with Gasteiger partial charge in [-0.15, -0.1) is 0 Å². The van der Waals surface area contributed by atoms with Gasteiger partial charge in [0.2, 0.25) is 0 Å². The summed E-state index contributed by atoms with van der Waals surface area (Å²) in [6.07, 6.45) is 0.0535. The molecule has 0 aliphatic heterocycles. The van der Waals surface area contributed by atoms with Crippen LogP contribution in [0.25, 0.3) is 0 Å². The highest BCUT2D eigenvalue weighted by atomic mass is 16.6. The molecule has 0 aliphatic carbocycles. The van der Waals surface area contributed by atoms with Gasteiger partial charge in [0.05, 0.1) is 27.8 Å². The lowest BCUT2D eigenvalue weighted by molar-refractivity contribution is -0.133. The lowest BCUT2D eigenvalue weighted by Gasteiger charge is -2.11. The highest BCUT2D eigenvalue weighted by Crippen LogP contribution is 2.30. The molecular formula is C19H20O6. The van der Waals surface area contributed by atoms with Gasteiger partial charge in [0.15, 0.2) is 28.8 Å². The van der Waals surface area contributed by atoms with Crippen LogP contribution in [0.15, 0.2) is 36.4 Å². The fourth-order valence-corrected chi connectivity index (χ4v) is 2.29. The fraction of sp³-hybridized carbons (Fsp3) is 0.263. The molecule has 25 heavy (non-hydrogen) atoms. The maximum absolute atomic E-state index is 12.2. The molecule has 0 saturated carbocycles. The molecule has 0 atom stereocenters. The summed E-state index contributed by atoms with van der Waals surface area (Å²) in [5.74, 6) is 1.16. The third-order valence-electron chi connectivity index (χ3n) is 3.59. The zero-order valence-electron chi connectivity index (χ0n) is 14.6. The molecule has 132 valence electrons. The van der Waals surface area contributed by atoms with Crippen molar-refractivity contribution in [2.45, 2.75) is 13.3 Å². The molecule has 0 N–H and O–H groups in total.